The molecule has 0 aliphatic heterocycles. The first-order chi connectivity index (χ1) is 7.08. The van der Waals surface area contributed by atoms with Gasteiger partial charge in [-0.3, -0.25) is 9.59 Å². The van der Waals surface area contributed by atoms with E-state index in [4.69, 9.17) is 9.84 Å². The van der Waals surface area contributed by atoms with E-state index >= 15 is 0 Å². The van der Waals surface area contributed by atoms with Crippen LogP contribution in [-0.2, 0) is 11.2 Å². The number of methoxy groups -OCH3 is 1. The van der Waals surface area contributed by atoms with Crippen LogP contribution in [0.1, 0.15) is 21.5 Å². The Morgan fingerprint density at radius 1 is 1.53 bits per heavy atom. The van der Waals surface area contributed by atoms with Crippen molar-refractivity contribution in [1.82, 2.24) is 0 Å². The molecule has 0 saturated carbocycles. The van der Waals surface area contributed by atoms with E-state index in [1.807, 2.05) is 6.92 Å². The van der Waals surface area contributed by atoms with Crippen LogP contribution in [0.2, 0.25) is 0 Å². The highest BCUT2D eigenvalue weighted by Gasteiger charge is 2.13. The molecular formula is C11H12O4. The van der Waals surface area contributed by atoms with Gasteiger partial charge in [0.05, 0.1) is 13.5 Å². The Morgan fingerprint density at radius 2 is 2.20 bits per heavy atom. The molecule has 1 rings (SSSR count). The Bertz CT molecular complexity index is 396. The third-order valence-electron chi connectivity index (χ3n) is 2.06. The zero-order chi connectivity index (χ0) is 11.4. The van der Waals surface area contributed by atoms with E-state index in [9.17, 15) is 9.59 Å². The normalized spacial score (nSPS) is 9.73. The van der Waals surface area contributed by atoms with Gasteiger partial charge in [0.25, 0.3) is 0 Å². The number of aliphatic carboxylic acids is 1. The Morgan fingerprint density at radius 3 is 2.67 bits per heavy atom. The molecule has 15 heavy (non-hydrogen) atoms. The number of rotatable bonds is 4. The molecule has 80 valence electrons. The first-order valence-electron chi connectivity index (χ1n) is 4.43. The lowest BCUT2D eigenvalue weighted by Gasteiger charge is -2.10. The summed E-state index contributed by atoms with van der Waals surface area (Å²) in [5.74, 6) is -0.542. The summed E-state index contributed by atoms with van der Waals surface area (Å²) < 4.78 is 5.05. The molecular weight excluding hydrogens is 196 g/mol. The summed E-state index contributed by atoms with van der Waals surface area (Å²) in [5.41, 5.74) is 1.66. The Hall–Kier alpha value is -1.84. The summed E-state index contributed by atoms with van der Waals surface area (Å²) in [6.45, 7) is 1.82. The van der Waals surface area contributed by atoms with E-state index in [1.165, 1.54) is 7.11 Å². The standard InChI is InChI=1S/C11H12O4/c1-7-3-8(6-12)9(5-11(13)14)10(4-7)15-2/h3-4,6H,5H2,1-2H3,(H,13,14). The minimum absolute atomic E-state index is 0.211. The topological polar surface area (TPSA) is 63.6 Å². The van der Waals surface area contributed by atoms with Gasteiger partial charge < -0.3 is 9.84 Å². The zero-order valence-electron chi connectivity index (χ0n) is 8.61. The molecule has 0 aliphatic carbocycles. The van der Waals surface area contributed by atoms with Crippen molar-refractivity contribution in [2.45, 2.75) is 13.3 Å². The van der Waals surface area contributed by atoms with Gasteiger partial charge in [-0.05, 0) is 24.6 Å². The lowest BCUT2D eigenvalue weighted by atomic mass is 10.0. The summed E-state index contributed by atoms with van der Waals surface area (Å²) in [7, 11) is 1.45. The molecule has 0 aromatic heterocycles. The van der Waals surface area contributed by atoms with E-state index in [-0.39, 0.29) is 6.42 Å². The molecule has 0 spiro atoms. The molecule has 1 aromatic carbocycles. The average molecular weight is 208 g/mol. The van der Waals surface area contributed by atoms with Crippen LogP contribution in [0.25, 0.3) is 0 Å². The first-order valence-corrected chi connectivity index (χ1v) is 4.43. The fourth-order valence-corrected chi connectivity index (χ4v) is 1.44. The van der Waals surface area contributed by atoms with E-state index in [1.54, 1.807) is 12.1 Å². The second-order valence-corrected chi connectivity index (χ2v) is 3.22. The molecule has 0 fully saturated rings. The fourth-order valence-electron chi connectivity index (χ4n) is 1.44. The van der Waals surface area contributed by atoms with Crippen molar-refractivity contribution >= 4 is 12.3 Å². The minimum atomic E-state index is -0.986. The second-order valence-electron chi connectivity index (χ2n) is 3.22. The number of carbonyl (C=O) groups excluding carboxylic acids is 1. The van der Waals surface area contributed by atoms with Crippen molar-refractivity contribution in [3.05, 3.63) is 28.8 Å². The fraction of sp³-hybridized carbons (Fsp3) is 0.273. The van der Waals surface area contributed by atoms with Crippen molar-refractivity contribution < 1.29 is 19.4 Å². The highest BCUT2D eigenvalue weighted by Crippen LogP contribution is 2.24. The van der Waals surface area contributed by atoms with Gasteiger partial charge in [0, 0.05) is 11.1 Å². The third-order valence-corrected chi connectivity index (χ3v) is 2.06. The molecule has 0 aliphatic rings. The molecule has 0 saturated heterocycles. The van der Waals surface area contributed by atoms with Gasteiger partial charge in [0.1, 0.15) is 12.0 Å². The van der Waals surface area contributed by atoms with Crippen molar-refractivity contribution in [1.29, 1.82) is 0 Å². The molecule has 4 heteroatoms. The number of aldehydes is 1. The number of hydrogen-bond donors (Lipinski definition) is 1. The quantitative estimate of drug-likeness (QED) is 0.760. The van der Waals surface area contributed by atoms with Crippen molar-refractivity contribution in [2.75, 3.05) is 7.11 Å². The maximum atomic E-state index is 10.8. The highest BCUT2D eigenvalue weighted by atomic mass is 16.5. The van der Waals surface area contributed by atoms with Gasteiger partial charge >= 0.3 is 5.97 Å². The van der Waals surface area contributed by atoms with Gasteiger partial charge in [-0.1, -0.05) is 0 Å². The van der Waals surface area contributed by atoms with Crippen molar-refractivity contribution in [3.8, 4) is 5.75 Å². The maximum absolute atomic E-state index is 10.8. The number of aryl methyl sites for hydroxylation is 1. The van der Waals surface area contributed by atoms with Gasteiger partial charge in [-0.15, -0.1) is 0 Å². The Kier molecular flexibility index (Phi) is 3.44. The molecule has 0 amide bonds. The number of ether oxygens (including phenoxy) is 1. The third kappa shape index (κ3) is 2.56. The summed E-state index contributed by atoms with van der Waals surface area (Å²) in [4.78, 5) is 21.4. The molecule has 1 aromatic rings. The van der Waals surface area contributed by atoms with E-state index in [0.29, 0.717) is 23.2 Å². The predicted molar refractivity (Wildman–Crippen MR) is 54.5 cm³/mol. The van der Waals surface area contributed by atoms with Crippen LogP contribution in [0.3, 0.4) is 0 Å². The molecule has 0 unspecified atom stereocenters. The maximum Gasteiger partial charge on any atom is 0.307 e. The number of hydrogen-bond acceptors (Lipinski definition) is 3. The molecule has 0 heterocycles. The highest BCUT2D eigenvalue weighted by molar-refractivity contribution is 5.83. The van der Waals surface area contributed by atoms with E-state index in [2.05, 4.69) is 0 Å². The van der Waals surface area contributed by atoms with Crippen LogP contribution in [0.5, 0.6) is 5.75 Å². The van der Waals surface area contributed by atoms with Gasteiger partial charge in [-0.2, -0.15) is 0 Å². The van der Waals surface area contributed by atoms with E-state index < -0.39 is 5.97 Å². The second kappa shape index (κ2) is 4.59. The van der Waals surface area contributed by atoms with Crippen LogP contribution >= 0.6 is 0 Å². The largest absolute Gasteiger partial charge is 0.496 e. The van der Waals surface area contributed by atoms with Crippen LogP contribution in [-0.4, -0.2) is 24.5 Å². The molecule has 0 atom stereocenters. The van der Waals surface area contributed by atoms with E-state index in [0.717, 1.165) is 5.56 Å². The summed E-state index contributed by atoms with van der Waals surface area (Å²) >= 11 is 0. The molecule has 0 radical (unpaired) electrons. The SMILES string of the molecule is COc1cc(C)cc(C=O)c1CC(=O)O. The number of carbonyl (C=O) groups is 2. The summed E-state index contributed by atoms with van der Waals surface area (Å²) in [5, 5.41) is 8.70. The zero-order valence-corrected chi connectivity index (χ0v) is 8.61. The number of carboxylic acids is 1. The predicted octanol–water partition coefficient (Wildman–Crippen LogP) is 1.44. The molecule has 4 nitrogen and oxygen atoms in total. The van der Waals surface area contributed by atoms with Gasteiger partial charge in [0.2, 0.25) is 0 Å². The lowest BCUT2D eigenvalue weighted by molar-refractivity contribution is -0.136. The van der Waals surface area contributed by atoms with Crippen LogP contribution in [0, 0.1) is 6.92 Å². The number of benzene rings is 1. The Balaban J connectivity index is 3.29. The van der Waals surface area contributed by atoms with Crippen LogP contribution in [0.15, 0.2) is 12.1 Å². The number of carboxylic acid groups (broad SMARTS) is 1. The minimum Gasteiger partial charge on any atom is -0.496 e. The van der Waals surface area contributed by atoms with Gasteiger partial charge in [0.15, 0.2) is 0 Å². The Labute approximate surface area is 87.5 Å². The molecule has 0 bridgehead atoms. The van der Waals surface area contributed by atoms with Crippen LogP contribution < -0.4 is 4.74 Å². The molecule has 1 N–H and O–H groups in total. The van der Waals surface area contributed by atoms with Crippen LogP contribution in [0.4, 0.5) is 0 Å². The van der Waals surface area contributed by atoms with Crippen molar-refractivity contribution in [3.63, 3.8) is 0 Å². The average Bonchev–Trinajstić information content (AvgIpc) is 2.19. The van der Waals surface area contributed by atoms with Crippen molar-refractivity contribution in [2.24, 2.45) is 0 Å². The summed E-state index contributed by atoms with van der Waals surface area (Å²) in [6, 6.07) is 3.36. The lowest BCUT2D eigenvalue weighted by Crippen LogP contribution is -2.06. The smallest absolute Gasteiger partial charge is 0.307 e. The first kappa shape index (κ1) is 11.2. The van der Waals surface area contributed by atoms with Gasteiger partial charge in [-0.25, -0.2) is 0 Å². The summed E-state index contributed by atoms with van der Waals surface area (Å²) in [6.07, 6.45) is 0.436. The monoisotopic (exact) mass is 208 g/mol.